The Morgan fingerprint density at radius 1 is 1.06 bits per heavy atom. The number of benzene rings is 2. The summed E-state index contributed by atoms with van der Waals surface area (Å²) >= 11 is 1.67. The van der Waals surface area contributed by atoms with E-state index in [4.69, 9.17) is 4.98 Å². The van der Waals surface area contributed by atoms with E-state index in [0.29, 0.717) is 0 Å². The fourth-order valence-electron chi connectivity index (χ4n) is 5.01. The van der Waals surface area contributed by atoms with E-state index in [1.807, 2.05) is 6.33 Å². The molecule has 3 heterocycles. The second-order valence-electron chi connectivity index (χ2n) is 9.18. The second-order valence-corrected chi connectivity index (χ2v) is 10.2. The number of aliphatic hydroxyl groups excluding tert-OH is 1. The molecule has 1 fully saturated rings. The standard InChI is InChI=1S/C26H29N5OS/c32-24-7-3-2-6-20(24)28-26-29-21-10-8-18(14-25(21)33-26)16-31-17-27-22-15-19(9-11-23(22)31)30-12-4-1-5-13-30/h1,4,8-11,14-15,17,20,24,32H,2-3,5-7,12-13,16H2,(H,28,29). The molecule has 0 radical (unpaired) electrons. The third-order valence-electron chi connectivity index (χ3n) is 6.87. The van der Waals surface area contributed by atoms with Gasteiger partial charge in [0.2, 0.25) is 0 Å². The highest BCUT2D eigenvalue weighted by Crippen LogP contribution is 2.30. The molecule has 2 atom stereocenters. The molecule has 0 spiro atoms. The molecule has 170 valence electrons. The van der Waals surface area contributed by atoms with Crippen LogP contribution in [0.1, 0.15) is 37.7 Å². The number of hydrogen-bond acceptors (Lipinski definition) is 6. The van der Waals surface area contributed by atoms with Crippen LogP contribution in [0.3, 0.4) is 0 Å². The molecule has 1 saturated carbocycles. The normalized spacial score (nSPS) is 21.2. The van der Waals surface area contributed by atoms with E-state index in [1.54, 1.807) is 11.3 Å². The lowest BCUT2D eigenvalue weighted by Gasteiger charge is -2.27. The van der Waals surface area contributed by atoms with Crippen LogP contribution in [0.25, 0.3) is 21.3 Å². The van der Waals surface area contributed by atoms with Gasteiger partial charge in [0.05, 0.1) is 39.7 Å². The lowest BCUT2D eigenvalue weighted by Crippen LogP contribution is -2.36. The Morgan fingerprint density at radius 2 is 2.00 bits per heavy atom. The van der Waals surface area contributed by atoms with E-state index < -0.39 is 0 Å². The first-order valence-electron chi connectivity index (χ1n) is 11.9. The van der Waals surface area contributed by atoms with Crippen molar-refractivity contribution in [2.24, 2.45) is 0 Å². The highest BCUT2D eigenvalue weighted by atomic mass is 32.1. The average molecular weight is 460 g/mol. The molecule has 4 aromatic rings. The first-order chi connectivity index (χ1) is 16.2. The van der Waals surface area contributed by atoms with Crippen LogP contribution in [0.4, 0.5) is 10.8 Å². The third-order valence-corrected chi connectivity index (χ3v) is 7.82. The minimum absolute atomic E-state index is 0.113. The van der Waals surface area contributed by atoms with Gasteiger partial charge in [0.1, 0.15) is 0 Å². The Kier molecular flexibility index (Phi) is 5.52. The predicted molar refractivity (Wildman–Crippen MR) is 136 cm³/mol. The number of thiazole rings is 1. The lowest BCUT2D eigenvalue weighted by molar-refractivity contribution is 0.116. The third kappa shape index (κ3) is 4.23. The highest BCUT2D eigenvalue weighted by Gasteiger charge is 2.23. The van der Waals surface area contributed by atoms with Crippen molar-refractivity contribution < 1.29 is 5.11 Å². The van der Waals surface area contributed by atoms with Gasteiger partial charge in [-0.25, -0.2) is 9.97 Å². The SMILES string of the molecule is OC1CCCCC1Nc1nc2ccc(Cn3cnc4cc(N5CC=CCC5)ccc43)cc2s1. The molecule has 2 aliphatic rings. The van der Waals surface area contributed by atoms with Gasteiger partial charge in [0, 0.05) is 25.3 Å². The van der Waals surface area contributed by atoms with Crippen LogP contribution in [-0.2, 0) is 6.54 Å². The molecule has 2 unspecified atom stereocenters. The Bertz CT molecular complexity index is 1310. The zero-order chi connectivity index (χ0) is 22.2. The Balaban J connectivity index is 1.21. The molecule has 6 nitrogen and oxygen atoms in total. The summed E-state index contributed by atoms with van der Waals surface area (Å²) < 4.78 is 3.39. The van der Waals surface area contributed by atoms with Crippen molar-refractivity contribution in [3.8, 4) is 0 Å². The molecule has 1 aliphatic carbocycles. The number of anilines is 2. The molecule has 1 aliphatic heterocycles. The van der Waals surface area contributed by atoms with Crippen molar-refractivity contribution in [3.63, 3.8) is 0 Å². The number of fused-ring (bicyclic) bond motifs is 2. The quantitative estimate of drug-likeness (QED) is 0.403. The summed E-state index contributed by atoms with van der Waals surface area (Å²) in [5.41, 5.74) is 5.68. The van der Waals surface area contributed by atoms with Gasteiger partial charge < -0.3 is 19.9 Å². The monoisotopic (exact) mass is 459 g/mol. The zero-order valence-corrected chi connectivity index (χ0v) is 19.5. The van der Waals surface area contributed by atoms with Crippen molar-refractivity contribution in [2.75, 3.05) is 23.3 Å². The minimum Gasteiger partial charge on any atom is -0.391 e. The van der Waals surface area contributed by atoms with Crippen LogP contribution in [0.2, 0.25) is 0 Å². The Hall–Kier alpha value is -2.90. The minimum atomic E-state index is -0.275. The molecule has 33 heavy (non-hydrogen) atoms. The first-order valence-corrected chi connectivity index (χ1v) is 12.7. The number of imidazole rings is 1. The molecule has 0 amide bonds. The highest BCUT2D eigenvalue weighted by molar-refractivity contribution is 7.22. The maximum Gasteiger partial charge on any atom is 0.184 e. The van der Waals surface area contributed by atoms with Gasteiger partial charge >= 0.3 is 0 Å². The van der Waals surface area contributed by atoms with Crippen LogP contribution < -0.4 is 10.2 Å². The molecule has 0 bridgehead atoms. The van der Waals surface area contributed by atoms with E-state index in [-0.39, 0.29) is 12.1 Å². The summed E-state index contributed by atoms with van der Waals surface area (Å²) in [7, 11) is 0. The summed E-state index contributed by atoms with van der Waals surface area (Å²) in [4.78, 5) is 11.8. The fourth-order valence-corrected chi connectivity index (χ4v) is 6.01. The maximum absolute atomic E-state index is 10.3. The summed E-state index contributed by atoms with van der Waals surface area (Å²) in [5, 5.41) is 14.7. The lowest BCUT2D eigenvalue weighted by atomic mass is 9.93. The molecule has 6 rings (SSSR count). The van der Waals surface area contributed by atoms with E-state index >= 15 is 0 Å². The van der Waals surface area contributed by atoms with Crippen LogP contribution >= 0.6 is 11.3 Å². The number of aromatic nitrogens is 3. The van der Waals surface area contributed by atoms with Crippen molar-refractivity contribution >= 4 is 43.4 Å². The Labute approximate surface area is 197 Å². The van der Waals surface area contributed by atoms with E-state index in [0.717, 1.165) is 67.0 Å². The van der Waals surface area contributed by atoms with Gasteiger partial charge in [-0.05, 0) is 55.2 Å². The van der Waals surface area contributed by atoms with Crippen molar-refractivity contribution in [1.82, 2.24) is 14.5 Å². The Morgan fingerprint density at radius 3 is 2.88 bits per heavy atom. The van der Waals surface area contributed by atoms with E-state index in [9.17, 15) is 5.11 Å². The van der Waals surface area contributed by atoms with Crippen LogP contribution in [0.5, 0.6) is 0 Å². The van der Waals surface area contributed by atoms with Crippen LogP contribution in [0, 0.1) is 0 Å². The molecule has 0 saturated heterocycles. The van der Waals surface area contributed by atoms with Gasteiger partial charge in [0.15, 0.2) is 5.13 Å². The van der Waals surface area contributed by atoms with Gasteiger partial charge in [-0.1, -0.05) is 42.4 Å². The number of aliphatic hydroxyl groups is 1. The predicted octanol–water partition coefficient (Wildman–Crippen LogP) is 5.18. The summed E-state index contributed by atoms with van der Waals surface area (Å²) in [6.07, 6.45) is 11.4. The second kappa shape index (κ2) is 8.80. The van der Waals surface area contributed by atoms with Crippen LogP contribution in [0.15, 0.2) is 54.9 Å². The van der Waals surface area contributed by atoms with Crippen molar-refractivity contribution in [2.45, 2.75) is 50.8 Å². The average Bonchev–Trinajstić information content (AvgIpc) is 3.44. The molecule has 2 aromatic carbocycles. The van der Waals surface area contributed by atoms with Gasteiger partial charge in [-0.2, -0.15) is 0 Å². The molecular formula is C26H29N5OS. The van der Waals surface area contributed by atoms with Crippen molar-refractivity contribution in [1.29, 1.82) is 0 Å². The maximum atomic E-state index is 10.3. The van der Waals surface area contributed by atoms with Crippen molar-refractivity contribution in [3.05, 3.63) is 60.4 Å². The molecular weight excluding hydrogens is 430 g/mol. The number of nitrogens with one attached hydrogen (secondary N) is 1. The first kappa shape index (κ1) is 20.7. The number of rotatable bonds is 5. The topological polar surface area (TPSA) is 66.2 Å². The summed E-state index contributed by atoms with van der Waals surface area (Å²) in [6, 6.07) is 13.2. The fraction of sp³-hybridized carbons (Fsp3) is 0.385. The summed E-state index contributed by atoms with van der Waals surface area (Å²) in [5.74, 6) is 0. The molecule has 7 heteroatoms. The molecule has 2 N–H and O–H groups in total. The summed E-state index contributed by atoms with van der Waals surface area (Å²) in [6.45, 7) is 2.81. The smallest absolute Gasteiger partial charge is 0.184 e. The zero-order valence-electron chi connectivity index (χ0n) is 18.7. The van der Waals surface area contributed by atoms with E-state index in [1.165, 1.54) is 22.4 Å². The van der Waals surface area contributed by atoms with Gasteiger partial charge in [-0.15, -0.1) is 0 Å². The largest absolute Gasteiger partial charge is 0.391 e. The number of hydrogen-bond donors (Lipinski definition) is 2. The van der Waals surface area contributed by atoms with E-state index in [2.05, 4.69) is 68.3 Å². The molecule has 2 aromatic heterocycles. The van der Waals surface area contributed by atoms with Gasteiger partial charge in [-0.3, -0.25) is 0 Å². The van der Waals surface area contributed by atoms with Gasteiger partial charge in [0.25, 0.3) is 0 Å². The van der Waals surface area contributed by atoms with Crippen LogP contribution in [-0.4, -0.2) is 44.9 Å². The number of nitrogens with zero attached hydrogens (tertiary/aromatic N) is 4.